The van der Waals surface area contributed by atoms with Gasteiger partial charge in [0.25, 0.3) is 15.9 Å². The maximum atomic E-state index is 13.4. The molecule has 3 aromatic rings. The van der Waals surface area contributed by atoms with E-state index in [0.717, 1.165) is 0 Å². The number of carbonyl (C=O) groups is 1. The average Bonchev–Trinajstić information content (AvgIpc) is 2.75. The summed E-state index contributed by atoms with van der Waals surface area (Å²) in [7, 11) is -2.37. The van der Waals surface area contributed by atoms with Crippen LogP contribution in [0.15, 0.2) is 83.8 Å². The van der Waals surface area contributed by atoms with E-state index >= 15 is 0 Å². The van der Waals surface area contributed by atoms with Crippen molar-refractivity contribution in [2.75, 3.05) is 23.3 Å². The zero-order valence-electron chi connectivity index (χ0n) is 16.2. The molecular weight excluding hydrogens is 388 g/mol. The SMILES string of the molecule is CCN(c1ccccc1)S(=O)(=O)c1ccccc1NC(=O)c1cccc(OC)c1. The van der Waals surface area contributed by atoms with Crippen LogP contribution < -0.4 is 14.4 Å². The molecule has 7 heteroatoms. The number of anilines is 2. The summed E-state index contributed by atoms with van der Waals surface area (Å²) in [5, 5.41) is 2.71. The van der Waals surface area contributed by atoms with Crippen molar-refractivity contribution in [1.29, 1.82) is 0 Å². The normalized spacial score (nSPS) is 11.0. The molecule has 0 spiro atoms. The highest BCUT2D eigenvalue weighted by Crippen LogP contribution is 2.28. The zero-order valence-corrected chi connectivity index (χ0v) is 17.0. The molecule has 0 aliphatic carbocycles. The summed E-state index contributed by atoms with van der Waals surface area (Å²) >= 11 is 0. The molecular formula is C22H22N2O4S. The van der Waals surface area contributed by atoms with E-state index in [0.29, 0.717) is 17.0 Å². The largest absolute Gasteiger partial charge is 0.497 e. The smallest absolute Gasteiger partial charge is 0.266 e. The van der Waals surface area contributed by atoms with Crippen LogP contribution in [0.4, 0.5) is 11.4 Å². The number of methoxy groups -OCH3 is 1. The first kappa shape index (κ1) is 20.4. The van der Waals surface area contributed by atoms with E-state index in [2.05, 4.69) is 5.32 Å². The molecule has 1 amide bonds. The molecule has 0 unspecified atom stereocenters. The molecule has 0 fully saturated rings. The van der Waals surface area contributed by atoms with Crippen LogP contribution in [-0.2, 0) is 10.0 Å². The molecule has 0 radical (unpaired) electrons. The molecule has 0 atom stereocenters. The summed E-state index contributed by atoms with van der Waals surface area (Å²) < 4.78 is 33.2. The summed E-state index contributed by atoms with van der Waals surface area (Å²) in [6, 6.07) is 21.9. The number of para-hydroxylation sites is 2. The minimum Gasteiger partial charge on any atom is -0.497 e. The number of nitrogens with zero attached hydrogens (tertiary/aromatic N) is 1. The number of nitrogens with one attached hydrogen (secondary N) is 1. The first-order valence-electron chi connectivity index (χ1n) is 9.09. The van der Waals surface area contributed by atoms with E-state index in [1.165, 1.54) is 17.5 Å². The lowest BCUT2D eigenvalue weighted by Gasteiger charge is -2.24. The average molecular weight is 410 g/mol. The van der Waals surface area contributed by atoms with Crippen molar-refractivity contribution in [3.8, 4) is 5.75 Å². The van der Waals surface area contributed by atoms with Crippen LogP contribution in [-0.4, -0.2) is 28.0 Å². The molecule has 0 saturated carbocycles. The van der Waals surface area contributed by atoms with Gasteiger partial charge >= 0.3 is 0 Å². The molecule has 0 saturated heterocycles. The maximum Gasteiger partial charge on any atom is 0.266 e. The van der Waals surface area contributed by atoms with Gasteiger partial charge in [-0.25, -0.2) is 8.42 Å². The predicted octanol–water partition coefficient (Wildman–Crippen LogP) is 4.16. The van der Waals surface area contributed by atoms with Gasteiger partial charge in [-0.15, -0.1) is 0 Å². The van der Waals surface area contributed by atoms with Crippen LogP contribution in [0, 0.1) is 0 Å². The lowest BCUT2D eigenvalue weighted by molar-refractivity contribution is 0.102. The number of ether oxygens (including phenoxy) is 1. The van der Waals surface area contributed by atoms with Gasteiger partial charge in [0.2, 0.25) is 0 Å². The van der Waals surface area contributed by atoms with Gasteiger partial charge in [0, 0.05) is 12.1 Å². The first-order valence-corrected chi connectivity index (χ1v) is 10.5. The Hall–Kier alpha value is -3.32. The molecule has 0 heterocycles. The topological polar surface area (TPSA) is 75.7 Å². The Morgan fingerprint density at radius 1 is 0.966 bits per heavy atom. The third-order valence-corrected chi connectivity index (χ3v) is 6.33. The molecule has 3 aromatic carbocycles. The Labute approximate surface area is 170 Å². The number of benzene rings is 3. The summed E-state index contributed by atoms with van der Waals surface area (Å²) in [5.41, 5.74) is 1.14. The fourth-order valence-electron chi connectivity index (χ4n) is 2.96. The maximum absolute atomic E-state index is 13.4. The van der Waals surface area contributed by atoms with Crippen molar-refractivity contribution >= 4 is 27.3 Å². The molecule has 0 bridgehead atoms. The number of hydrogen-bond donors (Lipinski definition) is 1. The Morgan fingerprint density at radius 3 is 2.34 bits per heavy atom. The van der Waals surface area contributed by atoms with E-state index in [9.17, 15) is 13.2 Å². The molecule has 3 rings (SSSR count). The van der Waals surface area contributed by atoms with Crippen molar-refractivity contribution in [2.45, 2.75) is 11.8 Å². The van der Waals surface area contributed by atoms with Gasteiger partial charge in [0.1, 0.15) is 10.6 Å². The zero-order chi connectivity index (χ0) is 20.9. The second-order valence-corrected chi connectivity index (χ2v) is 8.02. The molecule has 150 valence electrons. The number of amides is 1. The van der Waals surface area contributed by atoms with Crippen LogP contribution in [0.1, 0.15) is 17.3 Å². The molecule has 1 N–H and O–H groups in total. The number of sulfonamides is 1. The second-order valence-electron chi connectivity index (χ2n) is 6.19. The first-order chi connectivity index (χ1) is 14.0. The van der Waals surface area contributed by atoms with Crippen molar-refractivity contribution in [3.63, 3.8) is 0 Å². The summed E-state index contributed by atoms with van der Waals surface area (Å²) in [6.45, 7) is 2.02. The van der Waals surface area contributed by atoms with Gasteiger partial charge in [-0.05, 0) is 49.4 Å². The molecule has 6 nitrogen and oxygen atoms in total. The fraction of sp³-hybridized carbons (Fsp3) is 0.136. The predicted molar refractivity (Wildman–Crippen MR) is 114 cm³/mol. The van der Waals surface area contributed by atoms with Gasteiger partial charge in [-0.3, -0.25) is 9.10 Å². The lowest BCUT2D eigenvalue weighted by atomic mass is 10.2. The Kier molecular flexibility index (Phi) is 6.19. The Balaban J connectivity index is 1.96. The Bertz CT molecular complexity index is 1100. The minimum absolute atomic E-state index is 0.0296. The second kappa shape index (κ2) is 8.79. The van der Waals surface area contributed by atoms with Gasteiger partial charge < -0.3 is 10.1 Å². The number of carbonyl (C=O) groups excluding carboxylic acids is 1. The van der Waals surface area contributed by atoms with Crippen LogP contribution in [0.2, 0.25) is 0 Å². The molecule has 29 heavy (non-hydrogen) atoms. The monoisotopic (exact) mass is 410 g/mol. The van der Waals surface area contributed by atoms with Crippen LogP contribution in [0.3, 0.4) is 0 Å². The van der Waals surface area contributed by atoms with E-state index in [-0.39, 0.29) is 17.1 Å². The molecule has 0 aliphatic heterocycles. The summed E-state index contributed by atoms with van der Waals surface area (Å²) in [4.78, 5) is 12.7. The third kappa shape index (κ3) is 4.41. The van der Waals surface area contributed by atoms with E-state index in [1.54, 1.807) is 73.7 Å². The third-order valence-electron chi connectivity index (χ3n) is 4.37. The van der Waals surface area contributed by atoms with E-state index in [1.807, 2.05) is 6.07 Å². The molecule has 0 aliphatic rings. The quantitative estimate of drug-likeness (QED) is 0.635. The summed E-state index contributed by atoms with van der Waals surface area (Å²) in [6.07, 6.45) is 0. The summed E-state index contributed by atoms with van der Waals surface area (Å²) in [5.74, 6) is 0.120. The van der Waals surface area contributed by atoms with Gasteiger partial charge in [0.05, 0.1) is 18.5 Å². The van der Waals surface area contributed by atoms with Crippen molar-refractivity contribution in [1.82, 2.24) is 0 Å². The lowest BCUT2D eigenvalue weighted by Crippen LogP contribution is -2.31. The van der Waals surface area contributed by atoms with Crippen molar-refractivity contribution < 1.29 is 17.9 Å². The van der Waals surface area contributed by atoms with Gasteiger partial charge in [0.15, 0.2) is 0 Å². The van der Waals surface area contributed by atoms with Crippen LogP contribution in [0.5, 0.6) is 5.75 Å². The number of rotatable bonds is 7. The standard InChI is InChI=1S/C22H22N2O4S/c1-3-24(18-11-5-4-6-12-18)29(26,27)21-15-8-7-14-20(21)23-22(25)17-10-9-13-19(16-17)28-2/h4-16H,3H2,1-2H3,(H,23,25). The van der Waals surface area contributed by atoms with Gasteiger partial charge in [-0.1, -0.05) is 36.4 Å². The van der Waals surface area contributed by atoms with E-state index < -0.39 is 15.9 Å². The Morgan fingerprint density at radius 2 is 1.66 bits per heavy atom. The minimum atomic E-state index is -3.88. The highest BCUT2D eigenvalue weighted by Gasteiger charge is 2.27. The van der Waals surface area contributed by atoms with Gasteiger partial charge in [-0.2, -0.15) is 0 Å². The van der Waals surface area contributed by atoms with Crippen LogP contribution in [0.25, 0.3) is 0 Å². The fourth-order valence-corrected chi connectivity index (χ4v) is 4.58. The highest BCUT2D eigenvalue weighted by molar-refractivity contribution is 7.93. The van der Waals surface area contributed by atoms with Crippen molar-refractivity contribution in [3.05, 3.63) is 84.4 Å². The number of hydrogen-bond acceptors (Lipinski definition) is 4. The van der Waals surface area contributed by atoms with E-state index in [4.69, 9.17) is 4.74 Å². The molecule has 0 aromatic heterocycles. The highest BCUT2D eigenvalue weighted by atomic mass is 32.2. The van der Waals surface area contributed by atoms with Crippen LogP contribution >= 0.6 is 0 Å². The van der Waals surface area contributed by atoms with Crippen molar-refractivity contribution in [2.24, 2.45) is 0 Å².